The van der Waals surface area contributed by atoms with E-state index >= 15 is 0 Å². The van der Waals surface area contributed by atoms with Crippen molar-refractivity contribution >= 4 is 23.0 Å². The molecule has 106 valence electrons. The van der Waals surface area contributed by atoms with Crippen molar-refractivity contribution in [3.8, 4) is 0 Å². The van der Waals surface area contributed by atoms with Crippen molar-refractivity contribution in [2.45, 2.75) is 32.1 Å². The number of aromatic nitrogens is 2. The molecule has 2 aromatic rings. The van der Waals surface area contributed by atoms with Gasteiger partial charge in [-0.15, -0.1) is 11.3 Å². The summed E-state index contributed by atoms with van der Waals surface area (Å²) in [6.45, 7) is 2.85. The van der Waals surface area contributed by atoms with Crippen molar-refractivity contribution in [1.29, 1.82) is 0 Å². The highest BCUT2D eigenvalue weighted by atomic mass is 32.1. The van der Waals surface area contributed by atoms with Crippen LogP contribution in [0.2, 0.25) is 0 Å². The van der Waals surface area contributed by atoms with Crippen molar-refractivity contribution in [2.24, 2.45) is 5.84 Å². The van der Waals surface area contributed by atoms with Gasteiger partial charge in [-0.3, -0.25) is 0 Å². The van der Waals surface area contributed by atoms with E-state index in [2.05, 4.69) is 38.2 Å². The Bertz CT molecular complexity index is 578. The van der Waals surface area contributed by atoms with Gasteiger partial charge in [-0.1, -0.05) is 6.07 Å². The number of hydrogen-bond acceptors (Lipinski definition) is 6. The van der Waals surface area contributed by atoms with Crippen LogP contribution in [0.5, 0.6) is 0 Å². The predicted octanol–water partition coefficient (Wildman–Crippen LogP) is 2.66. The number of thiophene rings is 1. The Labute approximate surface area is 122 Å². The Kier molecular flexibility index (Phi) is 3.84. The Morgan fingerprint density at radius 3 is 2.80 bits per heavy atom. The third-order valence-corrected chi connectivity index (χ3v) is 4.42. The number of hydrogen-bond donors (Lipinski definition) is 3. The van der Waals surface area contributed by atoms with Gasteiger partial charge in [0.05, 0.1) is 0 Å². The lowest BCUT2D eigenvalue weighted by molar-refractivity contribution is 0.906. The third-order valence-electron chi connectivity index (χ3n) is 3.49. The van der Waals surface area contributed by atoms with E-state index in [1.807, 2.05) is 6.92 Å². The molecule has 3 rings (SSSR count). The Hall–Kier alpha value is -1.66. The van der Waals surface area contributed by atoms with E-state index in [4.69, 9.17) is 5.84 Å². The van der Waals surface area contributed by atoms with E-state index in [1.165, 1.54) is 17.7 Å². The summed E-state index contributed by atoms with van der Waals surface area (Å²) >= 11 is 1.78. The number of nitrogen functional groups attached to an aromatic ring is 1. The van der Waals surface area contributed by atoms with E-state index in [1.54, 1.807) is 11.3 Å². The van der Waals surface area contributed by atoms with E-state index in [0.29, 0.717) is 5.92 Å². The zero-order valence-electron chi connectivity index (χ0n) is 11.5. The van der Waals surface area contributed by atoms with Crippen LogP contribution in [0.1, 0.15) is 35.0 Å². The van der Waals surface area contributed by atoms with E-state index in [0.717, 1.165) is 36.0 Å². The molecule has 0 aromatic carbocycles. The lowest BCUT2D eigenvalue weighted by atomic mass is 10.2. The first-order chi connectivity index (χ1) is 9.78. The highest BCUT2D eigenvalue weighted by molar-refractivity contribution is 7.09. The molecule has 0 aliphatic heterocycles. The third kappa shape index (κ3) is 2.91. The van der Waals surface area contributed by atoms with Gasteiger partial charge in [0.15, 0.2) is 0 Å². The van der Waals surface area contributed by atoms with Gasteiger partial charge in [0.1, 0.15) is 17.5 Å². The van der Waals surface area contributed by atoms with Crippen molar-refractivity contribution in [1.82, 2.24) is 9.97 Å². The summed E-state index contributed by atoms with van der Waals surface area (Å²) in [6, 6.07) is 4.24. The molecule has 2 heterocycles. The minimum absolute atomic E-state index is 0.514. The van der Waals surface area contributed by atoms with Crippen LogP contribution in [0, 0.1) is 6.92 Å². The number of rotatable bonds is 6. The molecule has 0 bridgehead atoms. The van der Waals surface area contributed by atoms with Crippen molar-refractivity contribution in [2.75, 3.05) is 17.3 Å². The first-order valence-corrected chi connectivity index (χ1v) is 7.77. The van der Waals surface area contributed by atoms with Crippen molar-refractivity contribution < 1.29 is 0 Å². The maximum Gasteiger partial charge on any atom is 0.148 e. The minimum atomic E-state index is 0.514. The first-order valence-electron chi connectivity index (χ1n) is 6.89. The number of anilines is 2. The topological polar surface area (TPSA) is 75.9 Å². The van der Waals surface area contributed by atoms with Crippen LogP contribution in [0.3, 0.4) is 0 Å². The smallest absolute Gasteiger partial charge is 0.148 e. The number of nitrogens with zero attached hydrogens (tertiary/aromatic N) is 2. The highest BCUT2D eigenvalue weighted by Crippen LogP contribution is 2.39. The molecule has 20 heavy (non-hydrogen) atoms. The monoisotopic (exact) mass is 289 g/mol. The quantitative estimate of drug-likeness (QED) is 0.563. The van der Waals surface area contributed by atoms with Crippen molar-refractivity contribution in [3.63, 3.8) is 0 Å². The van der Waals surface area contributed by atoms with Gasteiger partial charge in [-0.2, -0.15) is 0 Å². The lowest BCUT2D eigenvalue weighted by Gasteiger charge is -2.13. The second kappa shape index (κ2) is 5.76. The molecule has 4 N–H and O–H groups in total. The number of hydrazine groups is 1. The van der Waals surface area contributed by atoms with Crippen LogP contribution in [0.25, 0.3) is 0 Å². The molecule has 2 aromatic heterocycles. The number of nitrogens with two attached hydrogens (primary N) is 1. The molecule has 0 spiro atoms. The summed E-state index contributed by atoms with van der Waals surface area (Å²) in [5.74, 6) is 8.59. The van der Waals surface area contributed by atoms with E-state index in [9.17, 15) is 0 Å². The highest BCUT2D eigenvalue weighted by Gasteiger charge is 2.28. The Balaban J connectivity index is 1.72. The fourth-order valence-corrected chi connectivity index (χ4v) is 2.84. The maximum absolute atomic E-state index is 5.55. The van der Waals surface area contributed by atoms with Gasteiger partial charge in [0.25, 0.3) is 0 Å². The summed E-state index contributed by atoms with van der Waals surface area (Å²) in [5, 5.41) is 5.51. The van der Waals surface area contributed by atoms with Crippen LogP contribution in [-0.2, 0) is 6.42 Å². The Morgan fingerprint density at radius 2 is 2.15 bits per heavy atom. The molecule has 1 saturated carbocycles. The summed E-state index contributed by atoms with van der Waals surface area (Å²) in [5.41, 5.74) is 3.65. The van der Waals surface area contributed by atoms with Crippen LogP contribution >= 0.6 is 11.3 Å². The van der Waals surface area contributed by atoms with Crippen molar-refractivity contribution in [3.05, 3.63) is 33.8 Å². The van der Waals surface area contributed by atoms with Crippen LogP contribution in [0.4, 0.5) is 11.6 Å². The average Bonchev–Trinajstić information content (AvgIpc) is 3.18. The summed E-state index contributed by atoms with van der Waals surface area (Å²) < 4.78 is 0. The molecule has 5 nitrogen and oxygen atoms in total. The molecule has 1 aliphatic rings. The molecular weight excluding hydrogens is 270 g/mol. The van der Waals surface area contributed by atoms with Crippen LogP contribution < -0.4 is 16.6 Å². The average molecular weight is 289 g/mol. The van der Waals surface area contributed by atoms with Gasteiger partial charge in [0.2, 0.25) is 0 Å². The molecule has 1 fully saturated rings. The first kappa shape index (κ1) is 13.3. The van der Waals surface area contributed by atoms with E-state index < -0.39 is 0 Å². The SMILES string of the molecule is Cc1c(NN)nc(C2CC2)nc1NCCc1cccs1. The van der Waals surface area contributed by atoms with Gasteiger partial charge in [-0.25, -0.2) is 15.8 Å². The molecule has 0 saturated heterocycles. The van der Waals surface area contributed by atoms with Gasteiger partial charge in [0, 0.05) is 22.9 Å². The van der Waals surface area contributed by atoms with Crippen LogP contribution in [-0.4, -0.2) is 16.5 Å². The second-order valence-corrected chi connectivity index (χ2v) is 6.11. The van der Waals surface area contributed by atoms with E-state index in [-0.39, 0.29) is 0 Å². The summed E-state index contributed by atoms with van der Waals surface area (Å²) in [6.07, 6.45) is 3.37. The molecule has 0 amide bonds. The Morgan fingerprint density at radius 1 is 1.35 bits per heavy atom. The van der Waals surface area contributed by atoms with Gasteiger partial charge in [-0.05, 0) is 37.6 Å². The van der Waals surface area contributed by atoms with Crippen LogP contribution in [0.15, 0.2) is 17.5 Å². The summed E-state index contributed by atoms with van der Waals surface area (Å²) in [4.78, 5) is 10.5. The summed E-state index contributed by atoms with van der Waals surface area (Å²) in [7, 11) is 0. The zero-order chi connectivity index (χ0) is 13.9. The second-order valence-electron chi connectivity index (χ2n) is 5.08. The predicted molar refractivity (Wildman–Crippen MR) is 83.1 cm³/mol. The maximum atomic E-state index is 5.55. The normalized spacial score (nSPS) is 14.3. The zero-order valence-corrected chi connectivity index (χ0v) is 12.3. The number of nitrogens with one attached hydrogen (secondary N) is 2. The molecule has 0 radical (unpaired) electrons. The molecular formula is C14H19N5S. The molecule has 0 atom stereocenters. The lowest BCUT2D eigenvalue weighted by Crippen LogP contribution is -2.15. The largest absolute Gasteiger partial charge is 0.369 e. The molecule has 6 heteroatoms. The molecule has 1 aliphatic carbocycles. The standard InChI is InChI=1S/C14H19N5S/c1-9-12(16-7-6-11-3-2-8-20-11)17-14(10-4-5-10)18-13(9)19-15/h2-3,8,10H,4-7,15H2,1H3,(H2,16,17,18,19). The molecule has 0 unspecified atom stereocenters. The van der Waals surface area contributed by atoms with Gasteiger partial charge >= 0.3 is 0 Å². The minimum Gasteiger partial charge on any atom is -0.369 e. The van der Waals surface area contributed by atoms with Gasteiger partial charge < -0.3 is 10.7 Å². The fraction of sp³-hybridized carbons (Fsp3) is 0.429. The fourth-order valence-electron chi connectivity index (χ4n) is 2.13.